The molecule has 0 bridgehead atoms. The molecule has 0 aliphatic carbocycles. The maximum absolute atomic E-state index is 13.3. The number of nitrogens with two attached hydrogens (primary N) is 1. The molecular weight excluding hydrogens is 389 g/mol. The fraction of sp³-hybridized carbons (Fsp3) is 0.250. The minimum atomic E-state index is -4.72. The maximum atomic E-state index is 13.3. The number of nitrogens with one attached hydrogen (secondary N) is 1. The first-order valence-corrected chi connectivity index (χ1v) is 9.10. The Balaban J connectivity index is 2.27. The van der Waals surface area contributed by atoms with Crippen molar-refractivity contribution in [2.24, 2.45) is 5.14 Å². The van der Waals surface area contributed by atoms with Crippen molar-refractivity contribution in [2.45, 2.75) is 17.2 Å². The molecule has 5 N–H and O–H groups in total. The molecule has 0 aliphatic heterocycles. The highest BCUT2D eigenvalue weighted by atomic mass is 32.2. The quantitative estimate of drug-likeness (QED) is 0.557. The van der Waals surface area contributed by atoms with Gasteiger partial charge in [0, 0.05) is 12.2 Å². The Morgan fingerprint density at radius 1 is 1.15 bits per heavy atom. The van der Waals surface area contributed by atoms with Gasteiger partial charge in [-0.2, -0.15) is 13.2 Å². The molecule has 2 aromatic rings. The zero-order valence-corrected chi connectivity index (χ0v) is 14.6. The lowest BCUT2D eigenvalue weighted by Gasteiger charge is -2.17. The van der Waals surface area contributed by atoms with Crippen LogP contribution in [0.15, 0.2) is 47.4 Å². The van der Waals surface area contributed by atoms with Crippen LogP contribution in [0.4, 0.5) is 18.9 Å². The van der Waals surface area contributed by atoms with Crippen LogP contribution >= 0.6 is 0 Å². The van der Waals surface area contributed by atoms with Crippen LogP contribution in [0.2, 0.25) is 0 Å². The zero-order valence-electron chi connectivity index (χ0n) is 13.8. The van der Waals surface area contributed by atoms with Gasteiger partial charge in [0.2, 0.25) is 10.0 Å². The predicted molar refractivity (Wildman–Crippen MR) is 90.9 cm³/mol. The number of anilines is 1. The van der Waals surface area contributed by atoms with Gasteiger partial charge in [0.1, 0.15) is 17.1 Å². The van der Waals surface area contributed by atoms with Gasteiger partial charge in [-0.05, 0) is 42.5 Å². The van der Waals surface area contributed by atoms with Crippen LogP contribution in [-0.2, 0) is 16.2 Å². The van der Waals surface area contributed by atoms with Gasteiger partial charge in [0.15, 0.2) is 0 Å². The smallest absolute Gasteiger partial charge is 0.420 e. The van der Waals surface area contributed by atoms with Crippen molar-refractivity contribution in [1.82, 2.24) is 0 Å². The molecule has 0 saturated carbocycles. The molecule has 2 rings (SSSR count). The molecule has 11 heteroatoms. The summed E-state index contributed by atoms with van der Waals surface area (Å²) < 4.78 is 67.6. The number of alkyl halides is 3. The van der Waals surface area contributed by atoms with Gasteiger partial charge < -0.3 is 20.3 Å². The second-order valence-corrected chi connectivity index (χ2v) is 7.11. The lowest BCUT2D eigenvalue weighted by atomic mass is 10.1. The predicted octanol–water partition coefficient (Wildman–Crippen LogP) is 1.91. The van der Waals surface area contributed by atoms with Crippen molar-refractivity contribution in [3.05, 3.63) is 48.0 Å². The number of sulfonamides is 1. The molecule has 148 valence electrons. The fourth-order valence-electron chi connectivity index (χ4n) is 2.08. The molecule has 0 radical (unpaired) electrons. The molecule has 7 nitrogen and oxygen atoms in total. The molecule has 0 saturated heterocycles. The van der Waals surface area contributed by atoms with E-state index in [4.69, 9.17) is 15.0 Å². The molecule has 0 spiro atoms. The highest BCUT2D eigenvalue weighted by Crippen LogP contribution is 2.39. The summed E-state index contributed by atoms with van der Waals surface area (Å²) in [4.78, 5) is -0.201. The molecule has 0 aromatic heterocycles. The Bertz CT molecular complexity index is 886. The van der Waals surface area contributed by atoms with Crippen LogP contribution in [0.3, 0.4) is 0 Å². The van der Waals surface area contributed by atoms with E-state index < -0.39 is 40.2 Å². The number of aliphatic hydroxyl groups is 2. The van der Waals surface area contributed by atoms with E-state index in [9.17, 15) is 26.7 Å². The van der Waals surface area contributed by atoms with Crippen LogP contribution in [-0.4, -0.2) is 37.9 Å². The molecular formula is C16H17F3N2O5S. The molecule has 0 heterocycles. The van der Waals surface area contributed by atoms with Gasteiger partial charge in [-0.15, -0.1) is 0 Å². The van der Waals surface area contributed by atoms with Gasteiger partial charge in [0.05, 0.1) is 17.6 Å². The summed E-state index contributed by atoms with van der Waals surface area (Å²) >= 11 is 0. The standard InChI is InChI=1S/C16H17F3N2O5S/c17-16(18,19)14-7-10(21-8-11(23)9-22)1-6-15(14)26-12-2-4-13(5-3-12)27(20,24)25/h1-7,11,21-23H,8-9H2,(H2,20,24,25). The number of hydrogen-bond acceptors (Lipinski definition) is 6. The van der Waals surface area contributed by atoms with Crippen molar-refractivity contribution in [1.29, 1.82) is 0 Å². The van der Waals surface area contributed by atoms with Crippen molar-refractivity contribution in [2.75, 3.05) is 18.5 Å². The Hall–Kier alpha value is -2.34. The summed E-state index contributed by atoms with van der Waals surface area (Å²) in [7, 11) is -3.93. The van der Waals surface area contributed by atoms with Crippen LogP contribution in [0, 0.1) is 0 Å². The summed E-state index contributed by atoms with van der Waals surface area (Å²) in [6.07, 6.45) is -5.84. The van der Waals surface area contributed by atoms with Crippen LogP contribution in [0.5, 0.6) is 11.5 Å². The van der Waals surface area contributed by atoms with Crippen LogP contribution in [0.25, 0.3) is 0 Å². The summed E-state index contributed by atoms with van der Waals surface area (Å²) in [5.74, 6) is -0.497. The highest BCUT2D eigenvalue weighted by Gasteiger charge is 2.35. The van der Waals surface area contributed by atoms with Gasteiger partial charge in [0.25, 0.3) is 0 Å². The highest BCUT2D eigenvalue weighted by molar-refractivity contribution is 7.89. The van der Waals surface area contributed by atoms with Crippen molar-refractivity contribution in [3.8, 4) is 11.5 Å². The Kier molecular flexibility index (Phi) is 6.31. The zero-order chi connectivity index (χ0) is 20.2. The first kappa shape index (κ1) is 21.0. The van der Waals surface area contributed by atoms with E-state index in [0.717, 1.165) is 24.3 Å². The SMILES string of the molecule is NS(=O)(=O)c1ccc(Oc2ccc(NCC(O)CO)cc2C(F)(F)F)cc1. The van der Waals surface area contributed by atoms with E-state index in [1.807, 2.05) is 0 Å². The van der Waals surface area contributed by atoms with E-state index in [2.05, 4.69) is 5.32 Å². The van der Waals surface area contributed by atoms with Crippen LogP contribution < -0.4 is 15.2 Å². The summed E-state index contributed by atoms with van der Waals surface area (Å²) in [5.41, 5.74) is -0.992. The lowest BCUT2D eigenvalue weighted by Crippen LogP contribution is -2.23. The number of hydrogen-bond donors (Lipinski definition) is 4. The second-order valence-electron chi connectivity index (χ2n) is 5.54. The van der Waals surface area contributed by atoms with E-state index in [1.54, 1.807) is 0 Å². The van der Waals surface area contributed by atoms with Crippen molar-refractivity contribution < 1.29 is 36.5 Å². The van der Waals surface area contributed by atoms with E-state index in [0.29, 0.717) is 0 Å². The first-order chi connectivity index (χ1) is 12.5. The molecule has 1 atom stereocenters. The summed E-state index contributed by atoms with van der Waals surface area (Å²) in [6.45, 7) is -0.669. The normalized spacial score (nSPS) is 13.3. The van der Waals surface area contributed by atoms with Crippen molar-refractivity contribution >= 4 is 15.7 Å². The fourth-order valence-corrected chi connectivity index (χ4v) is 2.59. The largest absolute Gasteiger partial charge is 0.457 e. The number of rotatable bonds is 7. The van der Waals surface area contributed by atoms with Gasteiger partial charge in [-0.1, -0.05) is 0 Å². The molecule has 0 aliphatic rings. The number of primary sulfonamides is 1. The number of ether oxygens (including phenoxy) is 1. The van der Waals surface area contributed by atoms with Gasteiger partial charge >= 0.3 is 6.18 Å². The molecule has 0 amide bonds. The third-order valence-corrected chi connectivity index (χ3v) is 4.35. The van der Waals surface area contributed by atoms with E-state index >= 15 is 0 Å². The Labute approximate surface area is 153 Å². The summed E-state index contributed by atoms with van der Waals surface area (Å²) in [5, 5.41) is 25.5. The summed E-state index contributed by atoms with van der Waals surface area (Å²) in [6, 6.07) is 7.80. The average molecular weight is 406 g/mol. The second kappa shape index (κ2) is 8.13. The minimum Gasteiger partial charge on any atom is -0.457 e. The van der Waals surface area contributed by atoms with Crippen LogP contribution in [0.1, 0.15) is 5.56 Å². The van der Waals surface area contributed by atoms with E-state index in [-0.39, 0.29) is 22.9 Å². The van der Waals surface area contributed by atoms with Gasteiger partial charge in [-0.25, -0.2) is 13.6 Å². The average Bonchev–Trinajstić information content (AvgIpc) is 2.59. The topological polar surface area (TPSA) is 122 Å². The van der Waals surface area contributed by atoms with Gasteiger partial charge in [-0.3, -0.25) is 0 Å². The molecule has 0 fully saturated rings. The minimum absolute atomic E-state index is 0.00990. The first-order valence-electron chi connectivity index (χ1n) is 7.55. The van der Waals surface area contributed by atoms with Crippen molar-refractivity contribution in [3.63, 3.8) is 0 Å². The third-order valence-electron chi connectivity index (χ3n) is 3.42. The molecule has 2 aromatic carbocycles. The maximum Gasteiger partial charge on any atom is 0.420 e. The Morgan fingerprint density at radius 2 is 1.78 bits per heavy atom. The molecule has 1 unspecified atom stereocenters. The number of benzene rings is 2. The monoisotopic (exact) mass is 406 g/mol. The third kappa shape index (κ3) is 5.82. The number of aliphatic hydroxyl groups excluding tert-OH is 2. The Morgan fingerprint density at radius 3 is 2.30 bits per heavy atom. The number of halogens is 3. The molecule has 27 heavy (non-hydrogen) atoms. The lowest BCUT2D eigenvalue weighted by molar-refractivity contribution is -0.138. The van der Waals surface area contributed by atoms with E-state index in [1.165, 1.54) is 18.2 Å².